The van der Waals surface area contributed by atoms with Crippen molar-refractivity contribution in [3.63, 3.8) is 0 Å². The molecule has 0 atom stereocenters. The quantitative estimate of drug-likeness (QED) is 0.767. The maximum atomic E-state index is 12.0. The number of hydrogen-bond donors (Lipinski definition) is 1. The van der Waals surface area contributed by atoms with Gasteiger partial charge in [-0.25, -0.2) is 4.98 Å². The fourth-order valence-corrected chi connectivity index (χ4v) is 2.34. The number of imidazole rings is 1. The predicted molar refractivity (Wildman–Crippen MR) is 93.4 cm³/mol. The van der Waals surface area contributed by atoms with Crippen molar-refractivity contribution in [2.24, 2.45) is 5.41 Å². The SMILES string of the molecule is Cc1cccn2cc(-c3ccc(NC(=O)C(C)(C)C)cc3)nc12. The molecule has 1 aromatic carbocycles. The van der Waals surface area contributed by atoms with Gasteiger partial charge in [0.15, 0.2) is 0 Å². The maximum Gasteiger partial charge on any atom is 0.229 e. The van der Waals surface area contributed by atoms with E-state index in [9.17, 15) is 4.79 Å². The zero-order valence-electron chi connectivity index (χ0n) is 13.9. The molecule has 3 aromatic rings. The van der Waals surface area contributed by atoms with Gasteiger partial charge in [-0.15, -0.1) is 0 Å². The molecule has 4 heteroatoms. The van der Waals surface area contributed by atoms with Crippen molar-refractivity contribution < 1.29 is 4.79 Å². The molecular formula is C19H21N3O. The molecule has 118 valence electrons. The van der Waals surface area contributed by atoms with E-state index in [4.69, 9.17) is 0 Å². The molecule has 0 aliphatic rings. The van der Waals surface area contributed by atoms with E-state index in [0.717, 1.165) is 28.2 Å². The van der Waals surface area contributed by atoms with Crippen LogP contribution in [0.5, 0.6) is 0 Å². The lowest BCUT2D eigenvalue weighted by Gasteiger charge is -2.17. The topological polar surface area (TPSA) is 46.4 Å². The number of rotatable bonds is 2. The van der Waals surface area contributed by atoms with Crippen molar-refractivity contribution in [3.05, 3.63) is 54.4 Å². The molecule has 1 amide bonds. The third kappa shape index (κ3) is 3.11. The average Bonchev–Trinajstić information content (AvgIpc) is 2.92. The third-order valence-corrected chi connectivity index (χ3v) is 3.80. The van der Waals surface area contributed by atoms with Crippen LogP contribution in [0.2, 0.25) is 0 Å². The highest BCUT2D eigenvalue weighted by Crippen LogP contribution is 2.23. The number of hydrogen-bond acceptors (Lipinski definition) is 2. The number of amides is 1. The monoisotopic (exact) mass is 307 g/mol. The van der Waals surface area contributed by atoms with Gasteiger partial charge in [0.05, 0.1) is 5.69 Å². The Morgan fingerprint density at radius 2 is 1.83 bits per heavy atom. The molecule has 0 spiro atoms. The summed E-state index contributed by atoms with van der Waals surface area (Å²) in [4.78, 5) is 16.7. The van der Waals surface area contributed by atoms with E-state index >= 15 is 0 Å². The van der Waals surface area contributed by atoms with Gasteiger partial charge in [0.25, 0.3) is 0 Å². The Morgan fingerprint density at radius 1 is 1.13 bits per heavy atom. The van der Waals surface area contributed by atoms with Crippen LogP contribution in [-0.2, 0) is 4.79 Å². The summed E-state index contributed by atoms with van der Waals surface area (Å²) >= 11 is 0. The summed E-state index contributed by atoms with van der Waals surface area (Å²) in [5, 5.41) is 2.93. The normalized spacial score (nSPS) is 11.7. The lowest BCUT2D eigenvalue weighted by atomic mass is 9.95. The van der Waals surface area contributed by atoms with E-state index in [1.165, 1.54) is 0 Å². The molecule has 0 saturated heterocycles. The molecule has 2 heterocycles. The van der Waals surface area contributed by atoms with E-state index in [0.29, 0.717) is 0 Å². The van der Waals surface area contributed by atoms with Gasteiger partial charge in [-0.05, 0) is 30.7 Å². The van der Waals surface area contributed by atoms with Crippen molar-refractivity contribution in [2.45, 2.75) is 27.7 Å². The first-order valence-corrected chi connectivity index (χ1v) is 7.71. The molecule has 2 aromatic heterocycles. The van der Waals surface area contributed by atoms with Crippen molar-refractivity contribution in [2.75, 3.05) is 5.32 Å². The first-order chi connectivity index (χ1) is 10.8. The molecule has 0 bridgehead atoms. The third-order valence-electron chi connectivity index (χ3n) is 3.80. The molecule has 0 saturated carbocycles. The van der Waals surface area contributed by atoms with E-state index in [-0.39, 0.29) is 5.91 Å². The second-order valence-electron chi connectivity index (χ2n) is 6.83. The summed E-state index contributed by atoms with van der Waals surface area (Å²) in [7, 11) is 0. The van der Waals surface area contributed by atoms with Crippen LogP contribution in [0, 0.1) is 12.3 Å². The fraction of sp³-hybridized carbons (Fsp3) is 0.263. The molecular weight excluding hydrogens is 286 g/mol. The zero-order valence-corrected chi connectivity index (χ0v) is 13.9. The van der Waals surface area contributed by atoms with Gasteiger partial charge in [-0.1, -0.05) is 39.0 Å². The van der Waals surface area contributed by atoms with Gasteiger partial charge in [0.1, 0.15) is 5.65 Å². The van der Waals surface area contributed by atoms with E-state index < -0.39 is 5.41 Å². The van der Waals surface area contributed by atoms with Crippen molar-refractivity contribution in [3.8, 4) is 11.3 Å². The number of nitrogens with zero attached hydrogens (tertiary/aromatic N) is 2. The first-order valence-electron chi connectivity index (χ1n) is 7.71. The van der Waals surface area contributed by atoms with Crippen LogP contribution in [0.15, 0.2) is 48.8 Å². The second-order valence-corrected chi connectivity index (χ2v) is 6.83. The highest BCUT2D eigenvalue weighted by molar-refractivity contribution is 5.94. The number of aromatic nitrogens is 2. The van der Waals surface area contributed by atoms with Crippen LogP contribution in [0.1, 0.15) is 26.3 Å². The maximum absolute atomic E-state index is 12.0. The Bertz CT molecular complexity index is 854. The molecule has 3 rings (SSSR count). The van der Waals surface area contributed by atoms with Crippen LogP contribution in [0.4, 0.5) is 5.69 Å². The molecule has 23 heavy (non-hydrogen) atoms. The van der Waals surface area contributed by atoms with Crippen LogP contribution < -0.4 is 5.32 Å². The van der Waals surface area contributed by atoms with Gasteiger partial charge in [0.2, 0.25) is 5.91 Å². The number of carbonyl (C=O) groups is 1. The first kappa shape index (κ1) is 15.3. The number of nitrogens with one attached hydrogen (secondary N) is 1. The highest BCUT2D eigenvalue weighted by atomic mass is 16.2. The molecule has 0 aliphatic carbocycles. The minimum atomic E-state index is -0.405. The molecule has 0 aliphatic heterocycles. The summed E-state index contributed by atoms with van der Waals surface area (Å²) in [5.41, 5.74) is 4.46. The largest absolute Gasteiger partial charge is 0.326 e. The smallest absolute Gasteiger partial charge is 0.229 e. The van der Waals surface area contributed by atoms with Gasteiger partial charge in [-0.3, -0.25) is 4.79 Å². The minimum Gasteiger partial charge on any atom is -0.326 e. The van der Waals surface area contributed by atoms with Crippen LogP contribution in [0.25, 0.3) is 16.9 Å². The van der Waals surface area contributed by atoms with Crippen LogP contribution in [0.3, 0.4) is 0 Å². The average molecular weight is 307 g/mol. The summed E-state index contributed by atoms with van der Waals surface area (Å²) in [5.74, 6) is 0.00797. The Balaban J connectivity index is 1.86. The number of anilines is 1. The number of pyridine rings is 1. The Hall–Kier alpha value is -2.62. The second kappa shape index (κ2) is 5.54. The number of benzene rings is 1. The van der Waals surface area contributed by atoms with Crippen molar-refractivity contribution in [1.29, 1.82) is 0 Å². The minimum absolute atomic E-state index is 0.00797. The van der Waals surface area contributed by atoms with Crippen molar-refractivity contribution >= 4 is 17.2 Å². The summed E-state index contributed by atoms with van der Waals surface area (Å²) in [6.07, 6.45) is 4.02. The zero-order chi connectivity index (χ0) is 16.6. The summed E-state index contributed by atoms with van der Waals surface area (Å²) in [6, 6.07) is 11.9. The number of aryl methyl sites for hydroxylation is 1. The fourth-order valence-electron chi connectivity index (χ4n) is 2.34. The van der Waals surface area contributed by atoms with Crippen molar-refractivity contribution in [1.82, 2.24) is 9.38 Å². The molecule has 4 nitrogen and oxygen atoms in total. The number of fused-ring (bicyclic) bond motifs is 1. The standard InChI is InChI=1S/C19H21N3O/c1-13-6-5-11-22-12-16(21-17(13)22)14-7-9-15(10-8-14)20-18(23)19(2,3)4/h5-12H,1-4H3,(H,20,23). The molecule has 0 radical (unpaired) electrons. The number of carbonyl (C=O) groups excluding carboxylic acids is 1. The molecule has 0 unspecified atom stereocenters. The highest BCUT2D eigenvalue weighted by Gasteiger charge is 2.21. The summed E-state index contributed by atoms with van der Waals surface area (Å²) < 4.78 is 2.03. The predicted octanol–water partition coefficient (Wildman–Crippen LogP) is 4.29. The van der Waals surface area contributed by atoms with Crippen LogP contribution in [-0.4, -0.2) is 15.3 Å². The van der Waals surface area contributed by atoms with Gasteiger partial charge in [0, 0.05) is 29.1 Å². The lowest BCUT2D eigenvalue weighted by Crippen LogP contribution is -2.27. The Labute approximate surface area is 136 Å². The van der Waals surface area contributed by atoms with E-state index in [1.54, 1.807) is 0 Å². The summed E-state index contributed by atoms with van der Waals surface area (Å²) in [6.45, 7) is 7.75. The molecule has 1 N–H and O–H groups in total. The Morgan fingerprint density at radius 3 is 2.43 bits per heavy atom. The van der Waals surface area contributed by atoms with E-state index in [1.807, 2.05) is 67.9 Å². The van der Waals surface area contributed by atoms with Gasteiger partial charge >= 0.3 is 0 Å². The Kier molecular flexibility index (Phi) is 3.68. The molecule has 0 fully saturated rings. The van der Waals surface area contributed by atoms with Gasteiger partial charge < -0.3 is 9.72 Å². The van der Waals surface area contributed by atoms with E-state index in [2.05, 4.69) is 23.3 Å². The van der Waals surface area contributed by atoms with Gasteiger partial charge in [-0.2, -0.15) is 0 Å². The van der Waals surface area contributed by atoms with Crippen LogP contribution >= 0.6 is 0 Å². The lowest BCUT2D eigenvalue weighted by molar-refractivity contribution is -0.123.